The van der Waals surface area contributed by atoms with E-state index in [2.05, 4.69) is 0 Å². The van der Waals surface area contributed by atoms with E-state index in [4.69, 9.17) is 4.74 Å². The van der Waals surface area contributed by atoms with Crippen LogP contribution in [0.3, 0.4) is 0 Å². The Bertz CT molecular complexity index is 1100. The van der Waals surface area contributed by atoms with Crippen molar-refractivity contribution in [1.82, 2.24) is 4.31 Å². The number of sulfonamides is 1. The van der Waals surface area contributed by atoms with Crippen LogP contribution in [0.2, 0.25) is 0 Å². The molecule has 2 atom stereocenters. The maximum Gasteiger partial charge on any atom is 0.243 e. The first kappa shape index (κ1) is 20.4. The molecule has 2 fully saturated rings. The predicted molar refractivity (Wildman–Crippen MR) is 111 cm³/mol. The molecule has 0 saturated carbocycles. The summed E-state index contributed by atoms with van der Waals surface area (Å²) in [5, 5.41) is -0.448. The fourth-order valence-corrected chi connectivity index (χ4v) is 7.48. The summed E-state index contributed by atoms with van der Waals surface area (Å²) >= 11 is 0. The number of rotatable bonds is 5. The molecule has 2 saturated heterocycles. The average molecular weight is 436 g/mol. The summed E-state index contributed by atoms with van der Waals surface area (Å²) in [6, 6.07) is 13.6. The minimum atomic E-state index is -3.68. The number of piperidine rings is 1. The standard InChI is InChI=1S/C21H25NO5S2/c1-15-4-3-5-19(12-15)27-18-8-10-20(11-9-18)29(25,26)22-16-6-7-17(22)14-21(13-16)28(2,23)24/h3-5,8-12,16-17,21H,6-7,13-14H2,1-2H3. The van der Waals surface area contributed by atoms with Crippen molar-refractivity contribution in [2.75, 3.05) is 6.26 Å². The summed E-state index contributed by atoms with van der Waals surface area (Å²) in [6.45, 7) is 1.98. The van der Waals surface area contributed by atoms with Gasteiger partial charge in [0.15, 0.2) is 0 Å². The fourth-order valence-electron chi connectivity index (χ4n) is 4.44. The molecule has 4 rings (SSSR count). The van der Waals surface area contributed by atoms with Gasteiger partial charge in [0.05, 0.1) is 10.1 Å². The van der Waals surface area contributed by atoms with Crippen molar-refractivity contribution in [2.24, 2.45) is 0 Å². The lowest BCUT2D eigenvalue weighted by Crippen LogP contribution is -2.49. The van der Waals surface area contributed by atoms with E-state index < -0.39 is 25.1 Å². The van der Waals surface area contributed by atoms with Crippen molar-refractivity contribution < 1.29 is 21.6 Å². The Morgan fingerprint density at radius 2 is 1.52 bits per heavy atom. The molecule has 6 nitrogen and oxygen atoms in total. The summed E-state index contributed by atoms with van der Waals surface area (Å²) < 4.78 is 57.8. The molecule has 2 aromatic rings. The van der Waals surface area contributed by atoms with Crippen LogP contribution < -0.4 is 4.74 Å². The quantitative estimate of drug-likeness (QED) is 0.718. The number of ether oxygens (including phenoxy) is 1. The first-order valence-corrected chi connectivity index (χ1v) is 13.1. The molecule has 2 unspecified atom stereocenters. The number of aryl methyl sites for hydroxylation is 1. The zero-order chi connectivity index (χ0) is 20.8. The molecule has 0 amide bonds. The van der Waals surface area contributed by atoms with Crippen LogP contribution in [0.5, 0.6) is 11.5 Å². The molecule has 0 aromatic heterocycles. The summed E-state index contributed by atoms with van der Waals surface area (Å²) in [5.74, 6) is 1.26. The first-order chi connectivity index (χ1) is 13.6. The zero-order valence-corrected chi connectivity index (χ0v) is 18.1. The number of hydrogen-bond acceptors (Lipinski definition) is 5. The van der Waals surface area contributed by atoms with Crippen LogP contribution in [0.4, 0.5) is 0 Å². The molecular formula is C21H25NO5S2. The number of sulfone groups is 1. The molecule has 2 aliphatic heterocycles. The van der Waals surface area contributed by atoms with E-state index in [1.807, 2.05) is 31.2 Å². The van der Waals surface area contributed by atoms with Crippen LogP contribution >= 0.6 is 0 Å². The molecule has 2 heterocycles. The maximum atomic E-state index is 13.3. The Morgan fingerprint density at radius 3 is 2.07 bits per heavy atom. The van der Waals surface area contributed by atoms with Crippen molar-refractivity contribution in [3.63, 3.8) is 0 Å². The van der Waals surface area contributed by atoms with E-state index in [-0.39, 0.29) is 17.0 Å². The van der Waals surface area contributed by atoms with Gasteiger partial charge in [0.25, 0.3) is 0 Å². The smallest absolute Gasteiger partial charge is 0.243 e. The Hall–Kier alpha value is -1.90. The minimum Gasteiger partial charge on any atom is -0.457 e. The molecule has 8 heteroatoms. The Balaban J connectivity index is 1.54. The Morgan fingerprint density at radius 1 is 0.897 bits per heavy atom. The van der Waals surface area contributed by atoms with Gasteiger partial charge in [-0.2, -0.15) is 4.31 Å². The van der Waals surface area contributed by atoms with E-state index in [0.29, 0.717) is 37.2 Å². The third kappa shape index (κ3) is 4.06. The van der Waals surface area contributed by atoms with Crippen molar-refractivity contribution in [1.29, 1.82) is 0 Å². The molecular weight excluding hydrogens is 410 g/mol. The molecule has 29 heavy (non-hydrogen) atoms. The summed E-state index contributed by atoms with van der Waals surface area (Å²) in [5.41, 5.74) is 1.08. The lowest BCUT2D eigenvalue weighted by Gasteiger charge is -2.37. The van der Waals surface area contributed by atoms with Gasteiger partial charge in [-0.3, -0.25) is 0 Å². The van der Waals surface area contributed by atoms with Gasteiger partial charge in [-0.05, 0) is 74.6 Å². The van der Waals surface area contributed by atoms with Crippen LogP contribution in [-0.4, -0.2) is 44.7 Å². The second kappa shape index (κ2) is 7.41. The molecule has 156 valence electrons. The Kier molecular flexibility index (Phi) is 5.21. The van der Waals surface area contributed by atoms with Gasteiger partial charge in [0.1, 0.15) is 21.3 Å². The van der Waals surface area contributed by atoms with Gasteiger partial charge in [-0.1, -0.05) is 12.1 Å². The van der Waals surface area contributed by atoms with Crippen molar-refractivity contribution in [3.8, 4) is 11.5 Å². The number of fused-ring (bicyclic) bond motifs is 2. The van der Waals surface area contributed by atoms with Gasteiger partial charge in [-0.15, -0.1) is 0 Å². The fraction of sp³-hybridized carbons (Fsp3) is 0.429. The lowest BCUT2D eigenvalue weighted by atomic mass is 10.1. The van der Waals surface area contributed by atoms with Gasteiger partial charge >= 0.3 is 0 Å². The van der Waals surface area contributed by atoms with E-state index in [1.54, 1.807) is 28.6 Å². The van der Waals surface area contributed by atoms with Crippen molar-refractivity contribution in [2.45, 2.75) is 54.8 Å². The van der Waals surface area contributed by atoms with Gasteiger partial charge in [0.2, 0.25) is 10.0 Å². The van der Waals surface area contributed by atoms with Gasteiger partial charge in [0, 0.05) is 18.3 Å². The number of hydrogen-bond donors (Lipinski definition) is 0. The SMILES string of the molecule is Cc1cccc(Oc2ccc(S(=O)(=O)N3C4CCC3CC(S(C)(=O)=O)C4)cc2)c1. The van der Waals surface area contributed by atoms with E-state index in [9.17, 15) is 16.8 Å². The monoisotopic (exact) mass is 435 g/mol. The largest absolute Gasteiger partial charge is 0.457 e. The molecule has 0 N–H and O–H groups in total. The zero-order valence-electron chi connectivity index (χ0n) is 16.5. The first-order valence-electron chi connectivity index (χ1n) is 9.71. The highest BCUT2D eigenvalue weighted by atomic mass is 32.2. The average Bonchev–Trinajstić information content (AvgIpc) is 2.92. The summed E-state index contributed by atoms with van der Waals surface area (Å²) in [4.78, 5) is 0.212. The van der Waals surface area contributed by atoms with Crippen LogP contribution in [0.25, 0.3) is 0 Å². The number of benzene rings is 2. The second-order valence-corrected chi connectivity index (χ2v) is 12.2. The molecule has 0 spiro atoms. The molecule has 2 aliphatic rings. The maximum absolute atomic E-state index is 13.3. The topological polar surface area (TPSA) is 80.8 Å². The van der Waals surface area contributed by atoms with Gasteiger partial charge < -0.3 is 4.74 Å². The van der Waals surface area contributed by atoms with E-state index in [0.717, 1.165) is 5.56 Å². The van der Waals surface area contributed by atoms with Crippen LogP contribution in [0, 0.1) is 6.92 Å². The Labute approximate surface area is 172 Å². The number of nitrogens with zero attached hydrogens (tertiary/aromatic N) is 1. The third-order valence-electron chi connectivity index (χ3n) is 5.85. The van der Waals surface area contributed by atoms with Crippen LogP contribution in [0.1, 0.15) is 31.2 Å². The van der Waals surface area contributed by atoms with Crippen molar-refractivity contribution in [3.05, 3.63) is 54.1 Å². The highest BCUT2D eigenvalue weighted by Gasteiger charge is 2.49. The summed E-state index contributed by atoms with van der Waals surface area (Å²) in [7, 11) is -6.84. The predicted octanol–water partition coefficient (Wildman–Crippen LogP) is 3.52. The molecule has 0 radical (unpaired) electrons. The summed E-state index contributed by atoms with van der Waals surface area (Å²) in [6.07, 6.45) is 3.43. The lowest BCUT2D eigenvalue weighted by molar-refractivity contribution is 0.249. The van der Waals surface area contributed by atoms with Crippen LogP contribution in [0.15, 0.2) is 53.4 Å². The highest BCUT2D eigenvalue weighted by molar-refractivity contribution is 7.91. The molecule has 2 bridgehead atoms. The van der Waals surface area contributed by atoms with E-state index >= 15 is 0 Å². The third-order valence-corrected chi connectivity index (χ3v) is 9.47. The van der Waals surface area contributed by atoms with E-state index in [1.165, 1.54) is 6.26 Å². The normalized spacial score (nSPS) is 25.1. The second-order valence-electron chi connectivity index (χ2n) is 8.03. The van der Waals surface area contributed by atoms with Gasteiger partial charge in [-0.25, -0.2) is 16.8 Å². The van der Waals surface area contributed by atoms with Crippen molar-refractivity contribution >= 4 is 19.9 Å². The highest BCUT2D eigenvalue weighted by Crippen LogP contribution is 2.41. The van der Waals surface area contributed by atoms with Crippen LogP contribution in [-0.2, 0) is 19.9 Å². The minimum absolute atomic E-state index is 0.212. The molecule has 0 aliphatic carbocycles. The molecule has 2 aromatic carbocycles.